The smallest absolute Gasteiger partial charge is 0.321 e. The summed E-state index contributed by atoms with van der Waals surface area (Å²) in [5.41, 5.74) is 0. The fourth-order valence-corrected chi connectivity index (χ4v) is 2.25. The molecule has 1 saturated heterocycles. The van der Waals surface area contributed by atoms with Gasteiger partial charge in [-0.1, -0.05) is 0 Å². The normalized spacial score (nSPS) is 19.5. The van der Waals surface area contributed by atoms with Gasteiger partial charge in [-0.05, 0) is 39.5 Å². The zero-order valence-corrected chi connectivity index (χ0v) is 12.0. The number of urea groups is 1. The van der Waals surface area contributed by atoms with Crippen molar-refractivity contribution in [3.05, 3.63) is 0 Å². The van der Waals surface area contributed by atoms with Crippen molar-refractivity contribution in [1.29, 1.82) is 0 Å². The second-order valence-corrected chi connectivity index (χ2v) is 4.98. The van der Waals surface area contributed by atoms with Crippen molar-refractivity contribution >= 4 is 11.9 Å². The highest BCUT2D eigenvalue weighted by Crippen LogP contribution is 2.18. The molecule has 2 atom stereocenters. The van der Waals surface area contributed by atoms with Crippen LogP contribution >= 0.6 is 0 Å². The van der Waals surface area contributed by atoms with Crippen LogP contribution in [-0.2, 0) is 9.53 Å². The molecule has 0 aromatic carbocycles. The Morgan fingerprint density at radius 3 is 2.47 bits per heavy atom. The van der Waals surface area contributed by atoms with E-state index in [0.717, 1.165) is 26.1 Å². The molecule has 0 bridgehead atoms. The van der Waals surface area contributed by atoms with Crippen molar-refractivity contribution in [3.8, 4) is 0 Å². The lowest BCUT2D eigenvalue weighted by molar-refractivity contribution is -0.122. The van der Waals surface area contributed by atoms with Gasteiger partial charge in [-0.25, -0.2) is 4.79 Å². The van der Waals surface area contributed by atoms with Gasteiger partial charge in [0.25, 0.3) is 0 Å². The summed E-state index contributed by atoms with van der Waals surface area (Å²) >= 11 is 0. The van der Waals surface area contributed by atoms with Crippen LogP contribution in [0.25, 0.3) is 0 Å². The molecule has 6 heteroatoms. The van der Waals surface area contributed by atoms with E-state index in [1.54, 1.807) is 13.8 Å². The maximum Gasteiger partial charge on any atom is 0.321 e. The molecule has 0 aromatic rings. The van der Waals surface area contributed by atoms with Gasteiger partial charge in [-0.15, -0.1) is 0 Å². The summed E-state index contributed by atoms with van der Waals surface area (Å²) in [5, 5.41) is 8.09. The molecule has 19 heavy (non-hydrogen) atoms. The number of carbonyl (C=O) groups excluding carboxylic acids is 2. The predicted molar refractivity (Wildman–Crippen MR) is 72.8 cm³/mol. The van der Waals surface area contributed by atoms with E-state index in [4.69, 9.17) is 4.74 Å². The topological polar surface area (TPSA) is 79.5 Å². The quantitative estimate of drug-likeness (QED) is 0.685. The molecule has 0 spiro atoms. The molecule has 6 nitrogen and oxygen atoms in total. The maximum atomic E-state index is 11.8. The molecule has 0 saturated carbocycles. The lowest BCUT2D eigenvalue weighted by Crippen LogP contribution is -2.51. The Balaban J connectivity index is 2.33. The Morgan fingerprint density at radius 2 is 1.89 bits per heavy atom. The van der Waals surface area contributed by atoms with Gasteiger partial charge in [-0.3, -0.25) is 10.1 Å². The van der Waals surface area contributed by atoms with Crippen molar-refractivity contribution < 1.29 is 14.3 Å². The fourth-order valence-electron chi connectivity index (χ4n) is 2.25. The minimum Gasteiger partial charge on any atom is -0.381 e. The molecule has 2 unspecified atom stereocenters. The monoisotopic (exact) mass is 271 g/mol. The third kappa shape index (κ3) is 5.57. The maximum absolute atomic E-state index is 11.8. The molecule has 1 aliphatic heterocycles. The second kappa shape index (κ2) is 8.12. The number of hydrogen-bond acceptors (Lipinski definition) is 4. The average molecular weight is 271 g/mol. The molecule has 1 heterocycles. The first-order valence-electron chi connectivity index (χ1n) is 6.97. The van der Waals surface area contributed by atoms with Gasteiger partial charge in [0.1, 0.15) is 0 Å². The Bertz CT molecular complexity index is 304. The van der Waals surface area contributed by atoms with Gasteiger partial charge in [0.05, 0.1) is 6.04 Å². The summed E-state index contributed by atoms with van der Waals surface area (Å²) in [7, 11) is 0. The Morgan fingerprint density at radius 1 is 1.26 bits per heavy atom. The molecule has 1 rings (SSSR count). The lowest BCUT2D eigenvalue weighted by Gasteiger charge is -2.30. The van der Waals surface area contributed by atoms with Crippen molar-refractivity contribution in [2.75, 3.05) is 19.8 Å². The fraction of sp³-hybridized carbons (Fsp3) is 0.846. The number of ether oxygens (including phenoxy) is 1. The summed E-state index contributed by atoms with van der Waals surface area (Å²) in [4.78, 5) is 23.0. The van der Waals surface area contributed by atoms with E-state index < -0.39 is 6.03 Å². The summed E-state index contributed by atoms with van der Waals surface area (Å²) < 4.78 is 5.32. The molecule has 110 valence electrons. The van der Waals surface area contributed by atoms with Crippen LogP contribution < -0.4 is 16.0 Å². The van der Waals surface area contributed by atoms with Gasteiger partial charge in [0, 0.05) is 25.8 Å². The van der Waals surface area contributed by atoms with E-state index in [1.165, 1.54) is 0 Å². The van der Waals surface area contributed by atoms with Crippen LogP contribution in [-0.4, -0.2) is 43.8 Å². The SMILES string of the molecule is CCNC(=O)NC(=O)C(C)NC(C)C1CCOCC1. The molecule has 3 amide bonds. The molecule has 0 radical (unpaired) electrons. The van der Waals surface area contributed by atoms with E-state index in [0.29, 0.717) is 12.5 Å². The van der Waals surface area contributed by atoms with E-state index in [-0.39, 0.29) is 18.0 Å². The first-order valence-corrected chi connectivity index (χ1v) is 6.97. The average Bonchev–Trinajstić information content (AvgIpc) is 2.39. The van der Waals surface area contributed by atoms with Crippen LogP contribution in [0.15, 0.2) is 0 Å². The lowest BCUT2D eigenvalue weighted by atomic mass is 9.92. The molecule has 0 aliphatic carbocycles. The molecule has 1 fully saturated rings. The van der Waals surface area contributed by atoms with E-state index in [9.17, 15) is 9.59 Å². The van der Waals surface area contributed by atoms with Crippen LogP contribution in [0.3, 0.4) is 0 Å². The molecular formula is C13H25N3O3. The molecule has 1 aliphatic rings. The van der Waals surface area contributed by atoms with E-state index in [2.05, 4.69) is 22.9 Å². The first-order chi connectivity index (χ1) is 9.04. The van der Waals surface area contributed by atoms with Crippen molar-refractivity contribution in [2.45, 2.75) is 45.7 Å². The van der Waals surface area contributed by atoms with Gasteiger partial charge in [0.2, 0.25) is 5.91 Å². The van der Waals surface area contributed by atoms with Crippen molar-refractivity contribution in [3.63, 3.8) is 0 Å². The zero-order chi connectivity index (χ0) is 14.3. The third-order valence-corrected chi connectivity index (χ3v) is 3.45. The summed E-state index contributed by atoms with van der Waals surface area (Å²) in [5.74, 6) is 0.221. The van der Waals surface area contributed by atoms with Gasteiger partial charge in [0.15, 0.2) is 0 Å². The highest BCUT2D eigenvalue weighted by molar-refractivity contribution is 5.96. The number of imide groups is 1. The van der Waals surface area contributed by atoms with Crippen LogP contribution in [0.4, 0.5) is 4.79 Å². The van der Waals surface area contributed by atoms with Crippen molar-refractivity contribution in [1.82, 2.24) is 16.0 Å². The summed E-state index contributed by atoms with van der Waals surface area (Å²) in [6.45, 7) is 7.72. The number of nitrogens with one attached hydrogen (secondary N) is 3. The molecular weight excluding hydrogens is 246 g/mol. The van der Waals surface area contributed by atoms with Gasteiger partial charge < -0.3 is 15.4 Å². The van der Waals surface area contributed by atoms with E-state index >= 15 is 0 Å². The predicted octanol–water partition coefficient (Wildman–Crippen LogP) is 0.625. The van der Waals surface area contributed by atoms with Crippen LogP contribution in [0.5, 0.6) is 0 Å². The van der Waals surface area contributed by atoms with Gasteiger partial charge in [-0.2, -0.15) is 0 Å². The Kier molecular flexibility index (Phi) is 6.80. The van der Waals surface area contributed by atoms with Crippen LogP contribution in [0.1, 0.15) is 33.6 Å². The number of rotatable bonds is 5. The Hall–Kier alpha value is -1.14. The minimum atomic E-state index is -0.445. The highest BCUT2D eigenvalue weighted by atomic mass is 16.5. The van der Waals surface area contributed by atoms with E-state index in [1.807, 2.05) is 0 Å². The molecule has 0 aromatic heterocycles. The highest BCUT2D eigenvalue weighted by Gasteiger charge is 2.24. The minimum absolute atomic E-state index is 0.235. The Labute approximate surface area is 114 Å². The third-order valence-electron chi connectivity index (χ3n) is 3.45. The summed E-state index contributed by atoms with van der Waals surface area (Å²) in [6, 6.07) is -0.598. The standard InChI is InChI=1S/C13H25N3O3/c1-4-14-13(18)16-12(17)10(3)15-9(2)11-5-7-19-8-6-11/h9-11,15H,4-8H2,1-3H3,(H2,14,16,17,18). The first kappa shape index (κ1) is 15.9. The largest absolute Gasteiger partial charge is 0.381 e. The molecule has 3 N–H and O–H groups in total. The summed E-state index contributed by atoms with van der Waals surface area (Å²) in [6.07, 6.45) is 2.03. The zero-order valence-electron chi connectivity index (χ0n) is 12.0. The number of amides is 3. The second-order valence-electron chi connectivity index (χ2n) is 4.98. The van der Waals surface area contributed by atoms with Gasteiger partial charge >= 0.3 is 6.03 Å². The number of carbonyl (C=O) groups is 2. The van der Waals surface area contributed by atoms with Crippen LogP contribution in [0, 0.1) is 5.92 Å². The van der Waals surface area contributed by atoms with Crippen molar-refractivity contribution in [2.24, 2.45) is 5.92 Å². The number of hydrogen-bond donors (Lipinski definition) is 3. The van der Waals surface area contributed by atoms with Crippen LogP contribution in [0.2, 0.25) is 0 Å².